The lowest BCUT2D eigenvalue weighted by Crippen LogP contribution is -2.15. The summed E-state index contributed by atoms with van der Waals surface area (Å²) in [6.07, 6.45) is 1.47. The zero-order valence-electron chi connectivity index (χ0n) is 12.6. The van der Waals surface area contributed by atoms with Gasteiger partial charge in [-0.2, -0.15) is 0 Å². The quantitative estimate of drug-likeness (QED) is 0.620. The van der Waals surface area contributed by atoms with Gasteiger partial charge < -0.3 is 10.6 Å². The van der Waals surface area contributed by atoms with Gasteiger partial charge in [-0.3, -0.25) is 4.79 Å². The first-order valence-corrected chi connectivity index (χ1v) is 8.27. The molecular formula is C17H11Cl3N4O. The third-order valence-electron chi connectivity index (χ3n) is 3.19. The summed E-state index contributed by atoms with van der Waals surface area (Å²) in [7, 11) is 0. The average Bonchev–Trinajstić information content (AvgIpc) is 2.60. The molecular weight excluding hydrogens is 383 g/mol. The summed E-state index contributed by atoms with van der Waals surface area (Å²) in [5, 5.41) is 7.05. The molecule has 0 bridgehead atoms. The Kier molecular flexibility index (Phi) is 5.38. The summed E-state index contributed by atoms with van der Waals surface area (Å²) in [6.45, 7) is 0. The largest absolute Gasteiger partial charge is 0.323 e. The number of nitrogens with zero attached hydrogens (tertiary/aromatic N) is 2. The predicted molar refractivity (Wildman–Crippen MR) is 101 cm³/mol. The lowest BCUT2D eigenvalue weighted by Gasteiger charge is -2.09. The van der Waals surface area contributed by atoms with Gasteiger partial charge >= 0.3 is 0 Å². The lowest BCUT2D eigenvalue weighted by molar-refractivity contribution is 0.102. The van der Waals surface area contributed by atoms with Crippen molar-refractivity contribution in [2.45, 2.75) is 0 Å². The molecule has 1 aromatic heterocycles. The van der Waals surface area contributed by atoms with Crippen molar-refractivity contribution in [2.75, 3.05) is 10.6 Å². The van der Waals surface area contributed by atoms with Gasteiger partial charge in [0.1, 0.15) is 5.69 Å². The van der Waals surface area contributed by atoms with Crippen LogP contribution in [0, 0.1) is 0 Å². The molecule has 1 amide bonds. The van der Waals surface area contributed by atoms with Gasteiger partial charge in [-0.1, -0.05) is 46.9 Å². The summed E-state index contributed by atoms with van der Waals surface area (Å²) in [5.74, 6) is -0.188. The second-order valence-electron chi connectivity index (χ2n) is 4.95. The molecule has 0 aliphatic carbocycles. The molecule has 0 saturated heterocycles. The van der Waals surface area contributed by atoms with Crippen molar-refractivity contribution >= 4 is 58.0 Å². The molecule has 0 fully saturated rings. The van der Waals surface area contributed by atoms with Crippen LogP contribution in [-0.4, -0.2) is 15.9 Å². The molecule has 3 rings (SSSR count). The Morgan fingerprint density at radius 2 is 1.68 bits per heavy atom. The maximum absolute atomic E-state index is 12.4. The molecule has 126 valence electrons. The van der Waals surface area contributed by atoms with Gasteiger partial charge in [-0.25, -0.2) is 9.97 Å². The Hall–Kier alpha value is -2.34. The van der Waals surface area contributed by atoms with Crippen LogP contribution in [0.1, 0.15) is 10.5 Å². The number of rotatable bonds is 4. The standard InChI is InChI=1S/C17H11Cl3N4O/c18-10-5-6-12(20)15(9-10)24-17-21-8-7-14(23-17)16(25)22-13-4-2-1-3-11(13)19/h1-9H,(H,22,25)(H,21,23,24). The molecule has 8 heteroatoms. The smallest absolute Gasteiger partial charge is 0.274 e. The molecule has 2 aromatic carbocycles. The molecule has 3 aromatic rings. The SMILES string of the molecule is O=C(Nc1ccccc1Cl)c1ccnc(Nc2cc(Cl)ccc2Cl)n1. The molecule has 5 nitrogen and oxygen atoms in total. The zero-order chi connectivity index (χ0) is 17.8. The van der Waals surface area contributed by atoms with E-state index < -0.39 is 5.91 Å². The molecule has 0 aliphatic heterocycles. The van der Waals surface area contributed by atoms with Crippen LogP contribution in [0.25, 0.3) is 0 Å². The van der Waals surface area contributed by atoms with E-state index in [1.54, 1.807) is 42.5 Å². The number of nitrogens with one attached hydrogen (secondary N) is 2. The molecule has 2 N–H and O–H groups in total. The molecule has 0 spiro atoms. The summed E-state index contributed by atoms with van der Waals surface area (Å²) in [5.41, 5.74) is 1.22. The number of hydrogen-bond donors (Lipinski definition) is 2. The van der Waals surface area contributed by atoms with E-state index in [1.165, 1.54) is 12.3 Å². The molecule has 1 heterocycles. The first-order valence-electron chi connectivity index (χ1n) is 7.14. The minimum atomic E-state index is -0.407. The number of anilines is 3. The number of hydrogen-bond acceptors (Lipinski definition) is 4. The van der Waals surface area contributed by atoms with E-state index in [1.807, 2.05) is 0 Å². The van der Waals surface area contributed by atoms with Gasteiger partial charge in [-0.15, -0.1) is 0 Å². The highest BCUT2D eigenvalue weighted by Gasteiger charge is 2.12. The van der Waals surface area contributed by atoms with Gasteiger partial charge in [0, 0.05) is 11.2 Å². The summed E-state index contributed by atoms with van der Waals surface area (Å²) in [4.78, 5) is 20.6. The van der Waals surface area contributed by atoms with Crippen LogP contribution in [0.3, 0.4) is 0 Å². The molecule has 0 saturated carbocycles. The van der Waals surface area contributed by atoms with Crippen molar-refractivity contribution < 1.29 is 4.79 Å². The Morgan fingerprint density at radius 3 is 2.48 bits per heavy atom. The highest BCUT2D eigenvalue weighted by Crippen LogP contribution is 2.27. The monoisotopic (exact) mass is 392 g/mol. The molecule has 0 aliphatic rings. The van der Waals surface area contributed by atoms with Gasteiger partial charge in [0.25, 0.3) is 5.91 Å². The minimum absolute atomic E-state index is 0.176. The number of aromatic nitrogens is 2. The van der Waals surface area contributed by atoms with E-state index in [0.717, 1.165) is 0 Å². The van der Waals surface area contributed by atoms with Crippen LogP contribution in [0.4, 0.5) is 17.3 Å². The highest BCUT2D eigenvalue weighted by molar-refractivity contribution is 6.35. The van der Waals surface area contributed by atoms with E-state index in [0.29, 0.717) is 26.4 Å². The van der Waals surface area contributed by atoms with E-state index >= 15 is 0 Å². The van der Waals surface area contributed by atoms with E-state index in [4.69, 9.17) is 34.8 Å². The van der Waals surface area contributed by atoms with Gasteiger partial charge in [0.05, 0.1) is 21.4 Å². The number of amides is 1. The highest BCUT2D eigenvalue weighted by atomic mass is 35.5. The lowest BCUT2D eigenvalue weighted by atomic mass is 10.3. The number of para-hydroxylation sites is 1. The molecule has 0 unspecified atom stereocenters. The topological polar surface area (TPSA) is 66.9 Å². The van der Waals surface area contributed by atoms with Crippen molar-refractivity contribution in [3.8, 4) is 0 Å². The fraction of sp³-hybridized carbons (Fsp3) is 0. The first kappa shape index (κ1) is 17.5. The van der Waals surface area contributed by atoms with Crippen LogP contribution in [0.2, 0.25) is 15.1 Å². The molecule has 0 atom stereocenters. The van der Waals surface area contributed by atoms with E-state index in [9.17, 15) is 4.79 Å². The van der Waals surface area contributed by atoms with Crippen LogP contribution in [0.15, 0.2) is 54.7 Å². The van der Waals surface area contributed by atoms with Crippen LogP contribution >= 0.6 is 34.8 Å². The Labute approximate surface area is 159 Å². The van der Waals surface area contributed by atoms with Crippen molar-refractivity contribution in [2.24, 2.45) is 0 Å². The van der Waals surface area contributed by atoms with Crippen molar-refractivity contribution in [1.82, 2.24) is 9.97 Å². The van der Waals surface area contributed by atoms with Gasteiger partial charge in [-0.05, 0) is 36.4 Å². The summed E-state index contributed by atoms with van der Waals surface area (Å²) >= 11 is 18.1. The summed E-state index contributed by atoms with van der Waals surface area (Å²) < 4.78 is 0. The average molecular weight is 394 g/mol. The third kappa shape index (κ3) is 4.39. The fourth-order valence-electron chi connectivity index (χ4n) is 2.01. The third-order valence-corrected chi connectivity index (χ3v) is 4.08. The number of halogens is 3. The second kappa shape index (κ2) is 7.70. The number of benzene rings is 2. The van der Waals surface area contributed by atoms with Crippen LogP contribution < -0.4 is 10.6 Å². The Balaban J connectivity index is 1.80. The fourth-order valence-corrected chi connectivity index (χ4v) is 2.53. The minimum Gasteiger partial charge on any atom is -0.323 e. The van der Waals surface area contributed by atoms with Gasteiger partial charge in [0.2, 0.25) is 5.95 Å². The van der Waals surface area contributed by atoms with E-state index in [2.05, 4.69) is 20.6 Å². The van der Waals surface area contributed by atoms with E-state index in [-0.39, 0.29) is 11.6 Å². The second-order valence-corrected chi connectivity index (χ2v) is 6.20. The number of carbonyl (C=O) groups excluding carboxylic acids is 1. The Morgan fingerprint density at radius 1 is 0.920 bits per heavy atom. The van der Waals surface area contributed by atoms with Gasteiger partial charge in [0.15, 0.2) is 0 Å². The maximum atomic E-state index is 12.4. The maximum Gasteiger partial charge on any atom is 0.274 e. The van der Waals surface area contributed by atoms with Crippen molar-refractivity contribution in [1.29, 1.82) is 0 Å². The zero-order valence-corrected chi connectivity index (χ0v) is 14.9. The number of carbonyl (C=O) groups is 1. The van der Waals surface area contributed by atoms with Crippen LogP contribution in [0.5, 0.6) is 0 Å². The molecule has 0 radical (unpaired) electrons. The Bertz CT molecular complexity index is 933. The summed E-state index contributed by atoms with van der Waals surface area (Å²) in [6, 6.07) is 13.4. The van der Waals surface area contributed by atoms with Crippen molar-refractivity contribution in [3.63, 3.8) is 0 Å². The van der Waals surface area contributed by atoms with Crippen molar-refractivity contribution in [3.05, 3.63) is 75.5 Å². The predicted octanol–water partition coefficient (Wildman–Crippen LogP) is 5.43. The molecule has 25 heavy (non-hydrogen) atoms. The normalized spacial score (nSPS) is 10.4. The first-order chi connectivity index (χ1) is 12.0. The van der Waals surface area contributed by atoms with Crippen LogP contribution in [-0.2, 0) is 0 Å².